The van der Waals surface area contributed by atoms with Crippen LogP contribution >= 0.6 is 0 Å². The van der Waals surface area contributed by atoms with Crippen molar-refractivity contribution in [1.82, 2.24) is 24.1 Å². The standard InChI is InChI=1S/C63H37N5/c1-2-18-38(19-3-1)61-64-62(66-63(65-61)52-36-39-20-4-5-21-40(39)41-22-6-7-23-42(41)52)49-34-35-56(46-26-10-8-25-44(46)49)67-55-33-17-14-30-50(55)58-57(67)37-51-47-28-13-16-32-54(47)68-53-31-15-12-27-45(53)43-24-9-11-29-48(43)59(58)60(51)68/h1-37H. The predicted molar refractivity (Wildman–Crippen MR) is 282 cm³/mol. The summed E-state index contributed by atoms with van der Waals surface area (Å²) in [6.45, 7) is 0. The zero-order chi connectivity index (χ0) is 44.5. The largest absolute Gasteiger partial charge is 0.309 e. The lowest BCUT2D eigenvalue weighted by atomic mass is 9.91. The molecular formula is C63H37N5. The Morgan fingerprint density at radius 2 is 0.838 bits per heavy atom. The third-order valence-corrected chi connectivity index (χ3v) is 14.3. The Morgan fingerprint density at radius 1 is 0.279 bits per heavy atom. The second kappa shape index (κ2) is 14.2. The fraction of sp³-hybridized carbons (Fsp3) is 0. The molecule has 5 nitrogen and oxygen atoms in total. The second-order valence-corrected chi connectivity index (χ2v) is 17.9. The molecule has 0 atom stereocenters. The topological polar surface area (TPSA) is 48.5 Å². The lowest BCUT2D eigenvalue weighted by Crippen LogP contribution is -2.02. The number of nitrogens with zero attached hydrogens (tertiary/aromatic N) is 5. The Bertz CT molecular complexity index is 4440. The number of aromatic nitrogens is 5. The molecule has 3 aromatic heterocycles. The maximum atomic E-state index is 5.41. The highest BCUT2D eigenvalue weighted by Crippen LogP contribution is 2.52. The third kappa shape index (κ3) is 5.18. The lowest BCUT2D eigenvalue weighted by molar-refractivity contribution is 1.08. The Morgan fingerprint density at radius 3 is 1.63 bits per heavy atom. The molecule has 4 heterocycles. The Labute approximate surface area is 390 Å². The van der Waals surface area contributed by atoms with Gasteiger partial charge < -0.3 is 9.13 Å². The van der Waals surface area contributed by atoms with Gasteiger partial charge in [-0.2, -0.15) is 0 Å². The predicted octanol–water partition coefficient (Wildman–Crippen LogP) is 16.2. The summed E-state index contributed by atoms with van der Waals surface area (Å²) in [5.74, 6) is 1.90. The van der Waals surface area contributed by atoms with Crippen LogP contribution in [0, 0.1) is 0 Å². The van der Waals surface area contributed by atoms with Gasteiger partial charge in [-0.25, -0.2) is 15.0 Å². The lowest BCUT2D eigenvalue weighted by Gasteiger charge is -2.16. The van der Waals surface area contributed by atoms with Crippen LogP contribution < -0.4 is 0 Å². The molecule has 314 valence electrons. The smallest absolute Gasteiger partial charge is 0.164 e. The summed E-state index contributed by atoms with van der Waals surface area (Å²) in [6.07, 6.45) is 0. The van der Waals surface area contributed by atoms with Crippen LogP contribution in [0.3, 0.4) is 0 Å². The number of hydrogen-bond acceptors (Lipinski definition) is 3. The van der Waals surface area contributed by atoms with Gasteiger partial charge in [-0.05, 0) is 80.5 Å². The van der Waals surface area contributed by atoms with Crippen molar-refractivity contribution in [2.75, 3.05) is 0 Å². The summed E-state index contributed by atoms with van der Waals surface area (Å²) in [6, 6.07) is 80.9. The number of para-hydroxylation sites is 3. The molecule has 0 aliphatic carbocycles. The summed E-state index contributed by atoms with van der Waals surface area (Å²) in [4.78, 5) is 15.9. The van der Waals surface area contributed by atoms with Crippen LogP contribution in [0.5, 0.6) is 0 Å². The van der Waals surface area contributed by atoms with Crippen molar-refractivity contribution < 1.29 is 0 Å². The van der Waals surface area contributed by atoms with Crippen LogP contribution in [0.2, 0.25) is 0 Å². The van der Waals surface area contributed by atoms with Gasteiger partial charge in [0.2, 0.25) is 0 Å². The highest BCUT2D eigenvalue weighted by Gasteiger charge is 2.29. The normalized spacial score (nSPS) is 12.1. The molecule has 68 heavy (non-hydrogen) atoms. The van der Waals surface area contributed by atoms with Gasteiger partial charge in [-0.3, -0.25) is 0 Å². The first kappa shape index (κ1) is 37.1. The van der Waals surface area contributed by atoms with Gasteiger partial charge in [-0.1, -0.05) is 182 Å². The molecule has 15 rings (SSSR count). The molecule has 11 aromatic carbocycles. The van der Waals surface area contributed by atoms with E-state index in [1.165, 1.54) is 71.3 Å². The maximum absolute atomic E-state index is 5.41. The van der Waals surface area contributed by atoms with Crippen molar-refractivity contribution in [2.45, 2.75) is 0 Å². The summed E-state index contributed by atoms with van der Waals surface area (Å²) in [5.41, 5.74) is 14.8. The molecule has 5 heteroatoms. The average molecular weight is 864 g/mol. The Kier molecular flexibility index (Phi) is 7.72. The van der Waals surface area contributed by atoms with Crippen LogP contribution in [0.1, 0.15) is 0 Å². The van der Waals surface area contributed by atoms with Gasteiger partial charge >= 0.3 is 0 Å². The minimum absolute atomic E-state index is 0.627. The van der Waals surface area contributed by atoms with Gasteiger partial charge in [0.05, 0.1) is 33.4 Å². The average Bonchev–Trinajstić information content (AvgIpc) is 3.88. The van der Waals surface area contributed by atoms with E-state index in [0.29, 0.717) is 17.5 Å². The van der Waals surface area contributed by atoms with Crippen LogP contribution in [-0.4, -0.2) is 24.1 Å². The maximum Gasteiger partial charge on any atom is 0.164 e. The second-order valence-electron chi connectivity index (χ2n) is 17.9. The first-order valence-corrected chi connectivity index (χ1v) is 23.2. The monoisotopic (exact) mass is 863 g/mol. The quantitative estimate of drug-likeness (QED) is 0.166. The molecule has 0 radical (unpaired) electrons. The molecule has 0 unspecified atom stereocenters. The minimum Gasteiger partial charge on any atom is -0.309 e. The van der Waals surface area contributed by atoms with Gasteiger partial charge in [-0.15, -0.1) is 0 Å². The van der Waals surface area contributed by atoms with Gasteiger partial charge in [0.1, 0.15) is 0 Å². The molecule has 0 spiro atoms. The number of fused-ring (bicyclic) bond motifs is 16. The minimum atomic E-state index is 0.627. The first-order chi connectivity index (χ1) is 33.8. The third-order valence-electron chi connectivity index (χ3n) is 14.3. The molecule has 0 bridgehead atoms. The van der Waals surface area contributed by atoms with Crippen molar-refractivity contribution in [3.63, 3.8) is 0 Å². The van der Waals surface area contributed by atoms with Gasteiger partial charge in [0.25, 0.3) is 0 Å². The SMILES string of the molecule is c1ccc(-c2nc(-c3ccc(-n4c5ccccc5c5c6c7c(cc54)c4ccccc4n7-c4ccccc4-c4ccccc4-6)c4ccccc34)nc(-c3cc4ccccc4c4ccccc34)n2)cc1. The fourth-order valence-electron chi connectivity index (χ4n) is 11.4. The molecule has 0 amide bonds. The molecule has 1 aliphatic rings. The zero-order valence-corrected chi connectivity index (χ0v) is 36.6. The van der Waals surface area contributed by atoms with E-state index in [1.54, 1.807) is 0 Å². The van der Waals surface area contributed by atoms with E-state index in [-0.39, 0.29) is 0 Å². The van der Waals surface area contributed by atoms with E-state index in [0.717, 1.165) is 55.0 Å². The van der Waals surface area contributed by atoms with Gasteiger partial charge in [0.15, 0.2) is 17.5 Å². The highest BCUT2D eigenvalue weighted by molar-refractivity contribution is 6.29. The van der Waals surface area contributed by atoms with E-state index in [9.17, 15) is 0 Å². The zero-order valence-electron chi connectivity index (χ0n) is 36.6. The van der Waals surface area contributed by atoms with Crippen molar-refractivity contribution in [1.29, 1.82) is 0 Å². The molecule has 0 fully saturated rings. The van der Waals surface area contributed by atoms with Crippen LogP contribution in [-0.2, 0) is 0 Å². The number of rotatable bonds is 4. The number of hydrogen-bond donors (Lipinski definition) is 0. The Balaban J connectivity index is 1.02. The van der Waals surface area contributed by atoms with E-state index in [4.69, 9.17) is 15.0 Å². The summed E-state index contributed by atoms with van der Waals surface area (Å²) in [5, 5.41) is 11.7. The van der Waals surface area contributed by atoms with E-state index < -0.39 is 0 Å². The summed E-state index contributed by atoms with van der Waals surface area (Å²) < 4.78 is 5.01. The molecule has 0 saturated carbocycles. The van der Waals surface area contributed by atoms with Crippen LogP contribution in [0.4, 0.5) is 0 Å². The van der Waals surface area contributed by atoms with Crippen molar-refractivity contribution in [3.05, 3.63) is 224 Å². The van der Waals surface area contributed by atoms with Crippen molar-refractivity contribution in [2.24, 2.45) is 0 Å². The van der Waals surface area contributed by atoms with E-state index in [2.05, 4.69) is 215 Å². The molecular weight excluding hydrogens is 827 g/mol. The molecule has 1 aliphatic heterocycles. The molecule has 0 N–H and O–H groups in total. The molecule has 14 aromatic rings. The van der Waals surface area contributed by atoms with Crippen molar-refractivity contribution >= 4 is 75.9 Å². The molecule has 0 saturated heterocycles. The summed E-state index contributed by atoms with van der Waals surface area (Å²) in [7, 11) is 0. The van der Waals surface area contributed by atoms with Crippen LogP contribution in [0.15, 0.2) is 224 Å². The first-order valence-electron chi connectivity index (χ1n) is 23.2. The highest BCUT2D eigenvalue weighted by atomic mass is 15.0. The number of benzene rings is 11. The Hall–Kier alpha value is -9.19. The summed E-state index contributed by atoms with van der Waals surface area (Å²) >= 11 is 0. The van der Waals surface area contributed by atoms with Gasteiger partial charge in [0, 0.05) is 54.7 Å². The van der Waals surface area contributed by atoms with Crippen molar-refractivity contribution in [3.8, 4) is 67.8 Å². The van der Waals surface area contributed by atoms with E-state index in [1.807, 2.05) is 18.2 Å². The van der Waals surface area contributed by atoms with E-state index >= 15 is 0 Å². The fourth-order valence-corrected chi connectivity index (χ4v) is 11.4. The van der Waals surface area contributed by atoms with Crippen LogP contribution in [0.25, 0.3) is 144 Å².